The van der Waals surface area contributed by atoms with E-state index in [1.165, 1.54) is 30.5 Å². The van der Waals surface area contributed by atoms with Gasteiger partial charge in [0.1, 0.15) is 18.9 Å². The molecule has 210 valence electrons. The van der Waals surface area contributed by atoms with Crippen molar-refractivity contribution in [3.63, 3.8) is 0 Å². The zero-order chi connectivity index (χ0) is 29.4. The minimum absolute atomic E-state index is 0.00935. The Morgan fingerprint density at radius 2 is 1.71 bits per heavy atom. The number of amides is 1. The molecule has 4 aromatic carbocycles. The Morgan fingerprint density at radius 1 is 1.02 bits per heavy atom. The number of aryl methyl sites for hydroxylation is 1. The van der Waals surface area contributed by atoms with E-state index >= 15 is 0 Å². The van der Waals surface area contributed by atoms with Gasteiger partial charge in [-0.15, -0.1) is 0 Å². The molecule has 0 bridgehead atoms. The summed E-state index contributed by atoms with van der Waals surface area (Å²) in [5, 5.41) is 15.2. The van der Waals surface area contributed by atoms with Crippen molar-refractivity contribution in [1.82, 2.24) is 5.43 Å². The van der Waals surface area contributed by atoms with E-state index in [9.17, 15) is 23.3 Å². The number of non-ortho nitro benzene ring substituents is 1. The third kappa shape index (κ3) is 7.68. The minimum Gasteiger partial charge on any atom is -0.489 e. The van der Waals surface area contributed by atoms with Crippen LogP contribution >= 0.6 is 11.6 Å². The summed E-state index contributed by atoms with van der Waals surface area (Å²) >= 11 is 6.06. The van der Waals surface area contributed by atoms with Gasteiger partial charge in [-0.1, -0.05) is 29.8 Å². The number of nitrogens with one attached hydrogen (secondary N) is 1. The molecular weight excluding hydrogens is 568 g/mol. The van der Waals surface area contributed by atoms with Crippen molar-refractivity contribution < 1.29 is 22.9 Å². The van der Waals surface area contributed by atoms with Crippen LogP contribution in [0.4, 0.5) is 11.4 Å². The molecule has 41 heavy (non-hydrogen) atoms. The predicted molar refractivity (Wildman–Crippen MR) is 157 cm³/mol. The summed E-state index contributed by atoms with van der Waals surface area (Å²) in [5.41, 5.74) is 4.74. The molecule has 0 saturated carbocycles. The number of hydrogen-bond acceptors (Lipinski definition) is 7. The molecule has 10 nitrogen and oxygen atoms in total. The second kappa shape index (κ2) is 13.1. The maximum absolute atomic E-state index is 13.5. The lowest BCUT2D eigenvalue weighted by molar-refractivity contribution is -0.384. The highest BCUT2D eigenvalue weighted by atomic mass is 35.5. The molecule has 0 heterocycles. The summed E-state index contributed by atoms with van der Waals surface area (Å²) in [4.78, 5) is 23.1. The Hall–Kier alpha value is -4.74. The highest BCUT2D eigenvalue weighted by Gasteiger charge is 2.28. The first-order valence-corrected chi connectivity index (χ1v) is 14.1. The number of nitrogens with zero attached hydrogens (tertiary/aromatic N) is 3. The normalized spacial score (nSPS) is 11.3. The van der Waals surface area contributed by atoms with Gasteiger partial charge in [0.05, 0.1) is 21.7 Å². The van der Waals surface area contributed by atoms with Crippen LogP contribution in [0.25, 0.3) is 0 Å². The minimum atomic E-state index is -4.06. The van der Waals surface area contributed by atoms with Gasteiger partial charge >= 0.3 is 0 Å². The van der Waals surface area contributed by atoms with Crippen molar-refractivity contribution >= 4 is 45.1 Å². The maximum atomic E-state index is 13.5. The maximum Gasteiger partial charge on any atom is 0.269 e. The molecule has 0 fully saturated rings. The SMILES string of the molecule is Cc1cc(Cl)ccc1N(CC(=O)N/N=C\c1ccc(OCc2ccc([N+](=O)[O-])cc2)cc1)S(=O)(=O)c1ccccc1. The number of halogens is 1. The number of rotatable bonds is 11. The van der Waals surface area contributed by atoms with Crippen molar-refractivity contribution in [2.75, 3.05) is 10.8 Å². The van der Waals surface area contributed by atoms with Crippen LogP contribution in [-0.2, 0) is 21.4 Å². The average Bonchev–Trinajstić information content (AvgIpc) is 2.96. The van der Waals surface area contributed by atoms with Gasteiger partial charge in [0.15, 0.2) is 0 Å². The van der Waals surface area contributed by atoms with Crippen molar-refractivity contribution in [3.8, 4) is 5.75 Å². The monoisotopic (exact) mass is 592 g/mol. The van der Waals surface area contributed by atoms with Crippen molar-refractivity contribution in [2.45, 2.75) is 18.4 Å². The van der Waals surface area contributed by atoms with Gasteiger partial charge in [0.2, 0.25) is 0 Å². The molecule has 1 N–H and O–H groups in total. The van der Waals surface area contributed by atoms with E-state index in [0.29, 0.717) is 27.6 Å². The molecule has 0 unspecified atom stereocenters. The van der Waals surface area contributed by atoms with Gasteiger partial charge in [-0.3, -0.25) is 19.2 Å². The van der Waals surface area contributed by atoms with E-state index < -0.39 is 27.4 Å². The van der Waals surface area contributed by atoms with Crippen LogP contribution in [0.5, 0.6) is 5.75 Å². The van der Waals surface area contributed by atoms with Gasteiger partial charge in [-0.2, -0.15) is 5.10 Å². The number of sulfonamides is 1. The molecule has 0 saturated heterocycles. The molecule has 1 amide bonds. The first kappa shape index (κ1) is 29.2. The number of ether oxygens (including phenoxy) is 1. The molecule has 4 aromatic rings. The summed E-state index contributed by atoms with van der Waals surface area (Å²) in [7, 11) is -4.06. The van der Waals surface area contributed by atoms with Crippen molar-refractivity contribution in [2.24, 2.45) is 5.10 Å². The van der Waals surface area contributed by atoms with E-state index in [1.54, 1.807) is 79.7 Å². The largest absolute Gasteiger partial charge is 0.489 e. The van der Waals surface area contributed by atoms with E-state index in [-0.39, 0.29) is 17.2 Å². The lowest BCUT2D eigenvalue weighted by Gasteiger charge is -2.25. The number of carbonyl (C=O) groups is 1. The van der Waals surface area contributed by atoms with E-state index in [4.69, 9.17) is 16.3 Å². The molecule has 0 spiro atoms. The number of benzene rings is 4. The van der Waals surface area contributed by atoms with E-state index in [2.05, 4.69) is 10.5 Å². The average molecular weight is 593 g/mol. The molecule has 0 aliphatic heterocycles. The van der Waals surface area contributed by atoms with Crippen LogP contribution in [0.1, 0.15) is 16.7 Å². The number of nitro groups is 1. The standard InChI is InChI=1S/C29H25ClN4O6S/c1-21-17-24(30)11-16-28(21)33(41(38,39)27-5-3-2-4-6-27)19-29(35)32-31-18-22-9-14-26(15-10-22)40-20-23-7-12-25(13-8-23)34(36)37/h2-18H,19-20H2,1H3,(H,32,35)/b31-18-. The lowest BCUT2D eigenvalue weighted by Crippen LogP contribution is -2.40. The van der Waals surface area contributed by atoms with Crippen LogP contribution < -0.4 is 14.5 Å². The Morgan fingerprint density at radius 3 is 2.34 bits per heavy atom. The van der Waals surface area contributed by atoms with Crippen LogP contribution in [0.3, 0.4) is 0 Å². The van der Waals surface area contributed by atoms with Crippen LogP contribution in [0.2, 0.25) is 5.02 Å². The Bertz CT molecular complexity index is 1660. The molecule has 0 aliphatic carbocycles. The molecule has 0 atom stereocenters. The van der Waals surface area contributed by atoms with Crippen molar-refractivity contribution in [1.29, 1.82) is 0 Å². The number of carbonyl (C=O) groups excluding carboxylic acids is 1. The fourth-order valence-corrected chi connectivity index (χ4v) is 5.53. The number of hydrogen-bond donors (Lipinski definition) is 1. The first-order valence-electron chi connectivity index (χ1n) is 12.3. The van der Waals surface area contributed by atoms with Gasteiger partial charge in [-0.25, -0.2) is 13.8 Å². The number of nitro benzene ring substituents is 1. The zero-order valence-corrected chi connectivity index (χ0v) is 23.4. The molecular formula is C29H25ClN4O6S. The van der Waals surface area contributed by atoms with Gasteiger partial charge in [0.25, 0.3) is 21.6 Å². The number of anilines is 1. The quantitative estimate of drug-likeness (QED) is 0.139. The topological polar surface area (TPSA) is 131 Å². The summed E-state index contributed by atoms with van der Waals surface area (Å²) in [6, 6.07) is 25.6. The predicted octanol–water partition coefficient (Wildman–Crippen LogP) is 5.48. The van der Waals surface area contributed by atoms with E-state index in [0.717, 1.165) is 9.87 Å². The molecule has 4 rings (SSSR count). The second-order valence-electron chi connectivity index (χ2n) is 8.83. The first-order chi connectivity index (χ1) is 19.6. The third-order valence-corrected chi connectivity index (χ3v) is 7.89. The van der Waals surface area contributed by atoms with Crippen molar-refractivity contribution in [3.05, 3.63) is 129 Å². The van der Waals surface area contributed by atoms with E-state index in [1.807, 2.05) is 0 Å². The van der Waals surface area contributed by atoms with Gasteiger partial charge < -0.3 is 4.74 Å². The summed E-state index contributed by atoms with van der Waals surface area (Å²) in [5.74, 6) is -0.0669. The molecule has 0 aliphatic rings. The molecule has 0 aromatic heterocycles. The van der Waals surface area contributed by atoms with Gasteiger partial charge in [0, 0.05) is 17.2 Å². The van der Waals surface area contributed by atoms with Crippen LogP contribution in [-0.4, -0.2) is 32.0 Å². The summed E-state index contributed by atoms with van der Waals surface area (Å²) in [6.45, 7) is 1.44. The fourth-order valence-electron chi connectivity index (χ4n) is 3.79. The smallest absolute Gasteiger partial charge is 0.269 e. The van der Waals surface area contributed by atoms with Crippen LogP contribution in [0, 0.1) is 17.0 Å². The fraction of sp³-hybridized carbons (Fsp3) is 0.103. The summed E-state index contributed by atoms with van der Waals surface area (Å²) in [6.07, 6.45) is 1.42. The summed E-state index contributed by atoms with van der Waals surface area (Å²) < 4.78 is 33.6. The molecule has 0 radical (unpaired) electrons. The van der Waals surface area contributed by atoms with Crippen LogP contribution in [0.15, 0.2) is 107 Å². The highest BCUT2D eigenvalue weighted by molar-refractivity contribution is 7.92. The third-order valence-electron chi connectivity index (χ3n) is 5.88. The van der Waals surface area contributed by atoms with Gasteiger partial charge in [-0.05, 0) is 90.3 Å². The molecule has 12 heteroatoms. The zero-order valence-electron chi connectivity index (χ0n) is 21.8. The Labute approximate surface area is 242 Å². The Balaban J connectivity index is 1.39. The number of hydrazone groups is 1. The Kier molecular flexibility index (Phi) is 9.33. The highest BCUT2D eigenvalue weighted by Crippen LogP contribution is 2.28. The lowest BCUT2D eigenvalue weighted by atomic mass is 10.2. The second-order valence-corrected chi connectivity index (χ2v) is 11.1.